The van der Waals surface area contributed by atoms with Crippen molar-refractivity contribution in [2.75, 3.05) is 37.6 Å². The molecule has 2 heterocycles. The number of nitrogens with zero attached hydrogens (tertiary/aromatic N) is 2. The second kappa shape index (κ2) is 9.09. The number of hydrogen-bond donors (Lipinski definition) is 1. The number of benzene rings is 2. The first-order valence-electron chi connectivity index (χ1n) is 10.2. The van der Waals surface area contributed by atoms with Crippen LogP contribution < -0.4 is 15.0 Å². The molecule has 2 aliphatic rings. The lowest BCUT2D eigenvalue weighted by Crippen LogP contribution is -2.45. The Morgan fingerprint density at radius 2 is 1.83 bits per heavy atom. The lowest BCUT2D eigenvalue weighted by Gasteiger charge is -2.30. The van der Waals surface area contributed by atoms with Gasteiger partial charge in [-0.25, -0.2) is 4.39 Å². The SMILES string of the molecule is O=C(CN1C(=O)C(=Cc2ccccc2F)Oc2ccccc21)NCCN1CCCC1. The molecular weight excluding hydrogens is 385 g/mol. The first-order valence-corrected chi connectivity index (χ1v) is 10.2. The molecule has 0 unspecified atom stereocenters. The van der Waals surface area contributed by atoms with Crippen LogP contribution >= 0.6 is 0 Å². The van der Waals surface area contributed by atoms with E-state index in [2.05, 4.69) is 10.2 Å². The smallest absolute Gasteiger partial charge is 0.294 e. The third-order valence-electron chi connectivity index (χ3n) is 5.27. The summed E-state index contributed by atoms with van der Waals surface area (Å²) in [5.41, 5.74) is 0.762. The summed E-state index contributed by atoms with van der Waals surface area (Å²) in [5.74, 6) is -0.754. The number of rotatable bonds is 6. The molecule has 156 valence electrons. The van der Waals surface area contributed by atoms with Crippen LogP contribution in [0.25, 0.3) is 6.08 Å². The summed E-state index contributed by atoms with van der Waals surface area (Å²) in [5, 5.41) is 2.89. The van der Waals surface area contributed by atoms with Gasteiger partial charge in [-0.05, 0) is 50.2 Å². The second-order valence-electron chi connectivity index (χ2n) is 7.39. The largest absolute Gasteiger partial charge is 0.449 e. The fourth-order valence-corrected chi connectivity index (χ4v) is 3.71. The van der Waals surface area contributed by atoms with Crippen molar-refractivity contribution >= 4 is 23.6 Å². The van der Waals surface area contributed by atoms with Gasteiger partial charge in [-0.3, -0.25) is 14.5 Å². The first kappa shape index (κ1) is 20.1. The van der Waals surface area contributed by atoms with E-state index in [1.165, 1.54) is 29.9 Å². The van der Waals surface area contributed by atoms with Gasteiger partial charge in [-0.1, -0.05) is 30.3 Å². The lowest BCUT2D eigenvalue weighted by molar-refractivity contribution is -0.123. The summed E-state index contributed by atoms with van der Waals surface area (Å²) < 4.78 is 19.8. The van der Waals surface area contributed by atoms with Crippen LogP contribution in [0.2, 0.25) is 0 Å². The predicted molar refractivity (Wildman–Crippen MR) is 112 cm³/mol. The molecule has 0 aliphatic carbocycles. The second-order valence-corrected chi connectivity index (χ2v) is 7.39. The van der Waals surface area contributed by atoms with Gasteiger partial charge in [0.15, 0.2) is 11.5 Å². The number of amides is 2. The quantitative estimate of drug-likeness (QED) is 0.746. The molecule has 0 spiro atoms. The van der Waals surface area contributed by atoms with Crippen LogP contribution in [0.1, 0.15) is 18.4 Å². The molecule has 7 heteroatoms. The summed E-state index contributed by atoms with van der Waals surface area (Å²) in [7, 11) is 0. The van der Waals surface area contributed by atoms with Crippen LogP contribution in [0.4, 0.5) is 10.1 Å². The fourth-order valence-electron chi connectivity index (χ4n) is 3.71. The molecule has 6 nitrogen and oxygen atoms in total. The molecular formula is C23H24FN3O3. The average molecular weight is 409 g/mol. The fraction of sp³-hybridized carbons (Fsp3) is 0.304. The molecule has 1 N–H and O–H groups in total. The van der Waals surface area contributed by atoms with Gasteiger partial charge in [-0.2, -0.15) is 0 Å². The zero-order chi connectivity index (χ0) is 20.9. The minimum Gasteiger partial charge on any atom is -0.449 e. The lowest BCUT2D eigenvalue weighted by atomic mass is 10.1. The zero-order valence-electron chi connectivity index (χ0n) is 16.6. The van der Waals surface area contributed by atoms with Crippen molar-refractivity contribution in [2.24, 2.45) is 0 Å². The van der Waals surface area contributed by atoms with Crippen molar-refractivity contribution in [3.05, 3.63) is 65.7 Å². The topological polar surface area (TPSA) is 61.9 Å². The maximum Gasteiger partial charge on any atom is 0.294 e. The van der Waals surface area contributed by atoms with Gasteiger partial charge in [0.05, 0.1) is 5.69 Å². The number of para-hydroxylation sites is 2. The normalized spacial score (nSPS) is 17.7. The van der Waals surface area contributed by atoms with Crippen LogP contribution in [0.5, 0.6) is 5.75 Å². The Hall–Kier alpha value is -3.19. The molecule has 2 aromatic rings. The van der Waals surface area contributed by atoms with Gasteiger partial charge in [-0.15, -0.1) is 0 Å². The van der Waals surface area contributed by atoms with Crippen LogP contribution in [0, 0.1) is 5.82 Å². The molecule has 2 aromatic carbocycles. The molecule has 2 amide bonds. The van der Waals surface area contributed by atoms with E-state index in [0.29, 0.717) is 18.0 Å². The van der Waals surface area contributed by atoms with Crippen molar-refractivity contribution in [3.63, 3.8) is 0 Å². The number of likely N-dealkylation sites (tertiary alicyclic amines) is 1. The molecule has 0 aromatic heterocycles. The van der Waals surface area contributed by atoms with Gasteiger partial charge in [0, 0.05) is 18.7 Å². The number of nitrogens with one attached hydrogen (secondary N) is 1. The van der Waals surface area contributed by atoms with E-state index in [4.69, 9.17) is 4.74 Å². The monoisotopic (exact) mass is 409 g/mol. The number of anilines is 1. The highest BCUT2D eigenvalue weighted by atomic mass is 19.1. The predicted octanol–water partition coefficient (Wildman–Crippen LogP) is 2.80. The summed E-state index contributed by atoms with van der Waals surface area (Å²) in [6.07, 6.45) is 3.76. The van der Waals surface area contributed by atoms with Crippen LogP contribution in [-0.4, -0.2) is 49.4 Å². The molecule has 0 saturated carbocycles. The molecule has 0 atom stereocenters. The third kappa shape index (κ3) is 4.52. The van der Waals surface area contributed by atoms with E-state index in [1.54, 1.807) is 42.5 Å². The third-order valence-corrected chi connectivity index (χ3v) is 5.27. The summed E-state index contributed by atoms with van der Waals surface area (Å²) in [6, 6.07) is 13.1. The summed E-state index contributed by atoms with van der Waals surface area (Å²) >= 11 is 0. The van der Waals surface area contributed by atoms with E-state index in [0.717, 1.165) is 19.6 Å². The Bertz CT molecular complexity index is 970. The summed E-state index contributed by atoms with van der Waals surface area (Å²) in [6.45, 7) is 3.34. The minimum atomic E-state index is -0.480. The van der Waals surface area contributed by atoms with Gasteiger partial charge in [0.25, 0.3) is 5.91 Å². The molecule has 1 fully saturated rings. The van der Waals surface area contributed by atoms with E-state index < -0.39 is 11.7 Å². The highest BCUT2D eigenvalue weighted by molar-refractivity contribution is 6.12. The van der Waals surface area contributed by atoms with Crippen LogP contribution in [0.15, 0.2) is 54.3 Å². The Morgan fingerprint density at radius 1 is 1.10 bits per heavy atom. The molecule has 0 bridgehead atoms. The van der Waals surface area contributed by atoms with Crippen molar-refractivity contribution in [3.8, 4) is 5.75 Å². The first-order chi connectivity index (χ1) is 14.6. The number of carbonyl (C=O) groups is 2. The number of fused-ring (bicyclic) bond motifs is 1. The van der Waals surface area contributed by atoms with Gasteiger partial charge in [0.1, 0.15) is 12.4 Å². The van der Waals surface area contributed by atoms with Gasteiger partial charge >= 0.3 is 0 Å². The van der Waals surface area contributed by atoms with Gasteiger partial charge < -0.3 is 15.0 Å². The number of ether oxygens (including phenoxy) is 1. The minimum absolute atomic E-state index is 0.0244. The van der Waals surface area contributed by atoms with Gasteiger partial charge in [0.2, 0.25) is 5.91 Å². The number of carbonyl (C=O) groups excluding carboxylic acids is 2. The summed E-state index contributed by atoms with van der Waals surface area (Å²) in [4.78, 5) is 29.2. The number of halogens is 1. The molecule has 4 rings (SSSR count). The van der Waals surface area contributed by atoms with Crippen molar-refractivity contribution < 1.29 is 18.7 Å². The van der Waals surface area contributed by atoms with Crippen molar-refractivity contribution in [1.82, 2.24) is 10.2 Å². The highest BCUT2D eigenvalue weighted by Crippen LogP contribution is 2.35. The molecule has 0 radical (unpaired) electrons. The van der Waals surface area contributed by atoms with E-state index in [1.807, 2.05) is 0 Å². The molecule has 30 heavy (non-hydrogen) atoms. The van der Waals surface area contributed by atoms with Crippen molar-refractivity contribution in [1.29, 1.82) is 0 Å². The maximum atomic E-state index is 14.0. The Kier molecular flexibility index (Phi) is 6.09. The standard InChI is InChI=1S/C23H24FN3O3/c24-18-8-2-1-7-17(18)15-21-23(29)27(19-9-3-4-10-20(19)30-21)16-22(28)25-11-14-26-12-5-6-13-26/h1-4,7-10,15H,5-6,11-14,16H2,(H,25,28). The Balaban J connectivity index is 1.50. The Labute approximate surface area is 174 Å². The zero-order valence-corrected chi connectivity index (χ0v) is 16.6. The molecule has 1 saturated heterocycles. The van der Waals surface area contributed by atoms with E-state index >= 15 is 0 Å². The van der Waals surface area contributed by atoms with Crippen LogP contribution in [-0.2, 0) is 9.59 Å². The Morgan fingerprint density at radius 3 is 2.63 bits per heavy atom. The molecule has 2 aliphatic heterocycles. The highest BCUT2D eigenvalue weighted by Gasteiger charge is 2.31. The van der Waals surface area contributed by atoms with E-state index in [9.17, 15) is 14.0 Å². The number of hydrogen-bond acceptors (Lipinski definition) is 4. The average Bonchev–Trinajstić information content (AvgIpc) is 3.26. The maximum absolute atomic E-state index is 14.0. The van der Waals surface area contributed by atoms with Crippen LogP contribution in [0.3, 0.4) is 0 Å². The van der Waals surface area contributed by atoms with Crippen molar-refractivity contribution in [2.45, 2.75) is 12.8 Å². The van der Waals surface area contributed by atoms with E-state index in [-0.39, 0.29) is 23.8 Å².